The van der Waals surface area contributed by atoms with Crippen LogP contribution in [0.2, 0.25) is 0 Å². The Hall–Kier alpha value is -1.80. The van der Waals surface area contributed by atoms with Gasteiger partial charge in [0.2, 0.25) is 0 Å². The number of benzene rings is 2. The summed E-state index contributed by atoms with van der Waals surface area (Å²) in [4.78, 5) is 4.72. The number of aryl methyl sites for hydroxylation is 2. The number of hydrogen-bond acceptors (Lipinski definition) is 1. The van der Waals surface area contributed by atoms with Gasteiger partial charge in [0.1, 0.15) is 5.82 Å². The molecule has 0 fully saturated rings. The number of fused-ring (bicyclic) bond motifs is 1. The largest absolute Gasteiger partial charge is 0.296 e. The summed E-state index contributed by atoms with van der Waals surface area (Å²) in [5.41, 5.74) is 4.53. The molecule has 1 heterocycles. The van der Waals surface area contributed by atoms with Gasteiger partial charge >= 0.3 is 0 Å². The Morgan fingerprint density at radius 2 is 1.89 bits per heavy atom. The lowest BCUT2D eigenvalue weighted by Crippen LogP contribution is -2.01. The van der Waals surface area contributed by atoms with Crippen molar-refractivity contribution in [2.45, 2.75) is 13.3 Å². The Morgan fingerprint density at radius 3 is 2.63 bits per heavy atom. The zero-order valence-electron chi connectivity index (χ0n) is 10.8. The van der Waals surface area contributed by atoms with E-state index in [-0.39, 0.29) is 0 Å². The molecule has 19 heavy (non-hydrogen) atoms. The number of nitrogens with zero attached hydrogens (tertiary/aromatic N) is 2. The maximum atomic E-state index is 5.90. The van der Waals surface area contributed by atoms with Crippen LogP contribution in [0.1, 0.15) is 11.4 Å². The maximum absolute atomic E-state index is 5.90. The smallest absolute Gasteiger partial charge is 0.115 e. The number of alkyl halides is 1. The molecule has 3 rings (SSSR count). The molecule has 0 aliphatic carbocycles. The standard InChI is InChI=1S/C16H15ClN2/c1-12-7-8-15-14(11-12)18-16(9-10-17)19(15)13-5-3-2-4-6-13/h2-8,11H,9-10H2,1H3. The summed E-state index contributed by atoms with van der Waals surface area (Å²) >= 11 is 5.90. The fraction of sp³-hybridized carbons (Fsp3) is 0.188. The molecule has 0 unspecified atom stereocenters. The van der Waals surface area contributed by atoms with E-state index in [4.69, 9.17) is 16.6 Å². The molecular weight excluding hydrogens is 256 g/mol. The Bertz CT molecular complexity index is 701. The molecule has 0 saturated carbocycles. The first-order valence-corrected chi connectivity index (χ1v) is 6.92. The second-order valence-electron chi connectivity index (χ2n) is 4.63. The third-order valence-corrected chi connectivity index (χ3v) is 3.40. The quantitative estimate of drug-likeness (QED) is 0.655. The average Bonchev–Trinajstić information content (AvgIpc) is 2.77. The van der Waals surface area contributed by atoms with Gasteiger partial charge in [-0.1, -0.05) is 24.3 Å². The summed E-state index contributed by atoms with van der Waals surface area (Å²) in [5, 5.41) is 0. The van der Waals surface area contributed by atoms with Gasteiger partial charge in [-0.25, -0.2) is 4.98 Å². The first-order chi connectivity index (χ1) is 9.29. The van der Waals surface area contributed by atoms with Crippen LogP contribution in [-0.2, 0) is 6.42 Å². The summed E-state index contributed by atoms with van der Waals surface area (Å²) in [6.07, 6.45) is 0.768. The van der Waals surface area contributed by atoms with Crippen molar-refractivity contribution in [3.63, 3.8) is 0 Å². The zero-order chi connectivity index (χ0) is 13.2. The first-order valence-electron chi connectivity index (χ1n) is 6.39. The monoisotopic (exact) mass is 270 g/mol. The van der Waals surface area contributed by atoms with Crippen molar-refractivity contribution in [3.8, 4) is 5.69 Å². The zero-order valence-corrected chi connectivity index (χ0v) is 11.6. The van der Waals surface area contributed by atoms with Crippen LogP contribution in [0.15, 0.2) is 48.5 Å². The number of halogens is 1. The Balaban J connectivity index is 2.28. The van der Waals surface area contributed by atoms with Gasteiger partial charge in [0.25, 0.3) is 0 Å². The van der Waals surface area contributed by atoms with E-state index in [1.807, 2.05) is 18.2 Å². The highest BCUT2D eigenvalue weighted by atomic mass is 35.5. The van der Waals surface area contributed by atoms with Crippen molar-refractivity contribution >= 4 is 22.6 Å². The number of hydrogen-bond donors (Lipinski definition) is 0. The van der Waals surface area contributed by atoms with Gasteiger partial charge in [0.05, 0.1) is 11.0 Å². The van der Waals surface area contributed by atoms with E-state index < -0.39 is 0 Å². The predicted molar refractivity (Wildman–Crippen MR) is 80.2 cm³/mol. The summed E-state index contributed by atoms with van der Waals surface area (Å²) in [5.74, 6) is 1.59. The van der Waals surface area contributed by atoms with E-state index in [9.17, 15) is 0 Å². The van der Waals surface area contributed by atoms with Gasteiger partial charge in [-0.15, -0.1) is 11.6 Å². The number of rotatable bonds is 3. The van der Waals surface area contributed by atoms with Crippen LogP contribution in [0.5, 0.6) is 0 Å². The Labute approximate surface area is 117 Å². The molecule has 96 valence electrons. The minimum absolute atomic E-state index is 0.579. The SMILES string of the molecule is Cc1ccc2c(c1)nc(CCCl)n2-c1ccccc1. The molecule has 0 aliphatic heterocycles. The molecule has 2 aromatic carbocycles. The van der Waals surface area contributed by atoms with Crippen molar-refractivity contribution < 1.29 is 0 Å². The lowest BCUT2D eigenvalue weighted by molar-refractivity contribution is 0.912. The summed E-state index contributed by atoms with van der Waals surface area (Å²) in [6, 6.07) is 16.7. The molecule has 0 spiro atoms. The van der Waals surface area contributed by atoms with Crippen LogP contribution >= 0.6 is 11.6 Å². The van der Waals surface area contributed by atoms with E-state index >= 15 is 0 Å². The topological polar surface area (TPSA) is 17.8 Å². The summed E-state index contributed by atoms with van der Waals surface area (Å²) in [7, 11) is 0. The highest BCUT2D eigenvalue weighted by molar-refractivity contribution is 6.17. The number of imidazole rings is 1. The highest BCUT2D eigenvalue weighted by Gasteiger charge is 2.11. The molecule has 0 bridgehead atoms. The molecule has 0 amide bonds. The van der Waals surface area contributed by atoms with Crippen molar-refractivity contribution in [1.82, 2.24) is 9.55 Å². The first kappa shape index (κ1) is 12.2. The van der Waals surface area contributed by atoms with Crippen molar-refractivity contribution in [3.05, 3.63) is 59.9 Å². The lowest BCUT2D eigenvalue weighted by atomic mass is 10.2. The molecule has 0 radical (unpaired) electrons. The van der Waals surface area contributed by atoms with Crippen LogP contribution in [0, 0.1) is 6.92 Å². The van der Waals surface area contributed by atoms with Gasteiger partial charge in [0.15, 0.2) is 0 Å². The lowest BCUT2D eigenvalue weighted by Gasteiger charge is -2.08. The van der Waals surface area contributed by atoms with E-state index in [0.29, 0.717) is 5.88 Å². The van der Waals surface area contributed by atoms with Crippen LogP contribution in [-0.4, -0.2) is 15.4 Å². The van der Waals surface area contributed by atoms with Gasteiger partial charge in [-0.2, -0.15) is 0 Å². The molecule has 2 nitrogen and oxygen atoms in total. The van der Waals surface area contributed by atoms with E-state index in [0.717, 1.165) is 29.0 Å². The molecule has 0 N–H and O–H groups in total. The minimum atomic E-state index is 0.579. The average molecular weight is 271 g/mol. The van der Waals surface area contributed by atoms with Crippen LogP contribution < -0.4 is 0 Å². The predicted octanol–water partition coefficient (Wildman–Crippen LogP) is 4.12. The van der Waals surface area contributed by atoms with Gasteiger partial charge < -0.3 is 0 Å². The fourth-order valence-corrected chi connectivity index (χ4v) is 2.53. The van der Waals surface area contributed by atoms with Crippen LogP contribution in [0.3, 0.4) is 0 Å². The Morgan fingerprint density at radius 1 is 1.11 bits per heavy atom. The summed E-state index contributed by atoms with van der Waals surface area (Å²) in [6.45, 7) is 2.09. The normalized spacial score (nSPS) is 11.1. The fourth-order valence-electron chi connectivity index (χ4n) is 2.36. The highest BCUT2D eigenvalue weighted by Crippen LogP contribution is 2.23. The summed E-state index contributed by atoms with van der Waals surface area (Å²) < 4.78 is 2.19. The van der Waals surface area contributed by atoms with Crippen molar-refractivity contribution in [1.29, 1.82) is 0 Å². The van der Waals surface area contributed by atoms with Gasteiger partial charge in [0, 0.05) is 18.0 Å². The maximum Gasteiger partial charge on any atom is 0.115 e. The molecule has 1 aromatic heterocycles. The van der Waals surface area contributed by atoms with Gasteiger partial charge in [-0.05, 0) is 36.8 Å². The van der Waals surface area contributed by atoms with E-state index in [1.165, 1.54) is 5.56 Å². The molecule has 3 heteroatoms. The minimum Gasteiger partial charge on any atom is -0.296 e. The molecule has 3 aromatic rings. The third kappa shape index (κ3) is 2.24. The van der Waals surface area contributed by atoms with E-state index in [1.54, 1.807) is 0 Å². The molecular formula is C16H15ClN2. The van der Waals surface area contributed by atoms with Crippen LogP contribution in [0.25, 0.3) is 16.7 Å². The number of aromatic nitrogens is 2. The van der Waals surface area contributed by atoms with Crippen molar-refractivity contribution in [2.75, 3.05) is 5.88 Å². The van der Waals surface area contributed by atoms with Crippen molar-refractivity contribution in [2.24, 2.45) is 0 Å². The molecule has 0 atom stereocenters. The second kappa shape index (κ2) is 5.06. The van der Waals surface area contributed by atoms with Crippen LogP contribution in [0.4, 0.5) is 0 Å². The van der Waals surface area contributed by atoms with E-state index in [2.05, 4.69) is 41.8 Å². The van der Waals surface area contributed by atoms with Gasteiger partial charge in [-0.3, -0.25) is 4.57 Å². The number of para-hydroxylation sites is 1. The second-order valence-corrected chi connectivity index (χ2v) is 5.01. The third-order valence-electron chi connectivity index (χ3n) is 3.21. The Kier molecular flexibility index (Phi) is 3.26. The molecule has 0 aliphatic rings. The molecule has 0 saturated heterocycles.